The molecule has 6 nitrogen and oxygen atoms in total. The zero-order valence-corrected chi connectivity index (χ0v) is 9.19. The summed E-state index contributed by atoms with van der Waals surface area (Å²) >= 11 is 4.95. The van der Waals surface area contributed by atoms with Crippen LogP contribution in [0.15, 0.2) is 17.6 Å². The highest BCUT2D eigenvalue weighted by molar-refractivity contribution is 7.71. The molecule has 0 aromatic carbocycles. The number of nitrogens with zero attached hydrogens (tertiary/aromatic N) is 5. The minimum atomic E-state index is 0.466. The van der Waals surface area contributed by atoms with Crippen LogP contribution < -0.4 is 0 Å². The molecule has 2 heterocycles. The fourth-order valence-corrected chi connectivity index (χ4v) is 1.34. The van der Waals surface area contributed by atoms with E-state index in [-0.39, 0.29) is 0 Å². The maximum absolute atomic E-state index is 4.95. The fourth-order valence-electron chi connectivity index (χ4n) is 1.19. The zero-order chi connectivity index (χ0) is 10.8. The van der Waals surface area contributed by atoms with Crippen LogP contribution in [0.1, 0.15) is 11.3 Å². The summed E-state index contributed by atoms with van der Waals surface area (Å²) in [5, 5.41) is 14.7. The third-order valence-corrected chi connectivity index (χ3v) is 2.19. The van der Waals surface area contributed by atoms with E-state index in [4.69, 9.17) is 12.2 Å². The molecule has 0 aliphatic rings. The molecule has 15 heavy (non-hydrogen) atoms. The number of hydrogen-bond acceptors (Lipinski definition) is 4. The highest BCUT2D eigenvalue weighted by Gasteiger charge is 1.99. The molecule has 1 N–H and O–H groups in total. The third kappa shape index (κ3) is 2.01. The average molecular weight is 222 g/mol. The van der Waals surface area contributed by atoms with Gasteiger partial charge in [0.05, 0.1) is 11.9 Å². The Bertz CT molecular complexity index is 545. The molecule has 2 rings (SSSR count). The Kier molecular flexibility index (Phi) is 2.46. The van der Waals surface area contributed by atoms with Crippen LogP contribution >= 0.6 is 12.2 Å². The van der Waals surface area contributed by atoms with E-state index >= 15 is 0 Å². The topological polar surface area (TPSA) is 63.8 Å². The number of aromatic amines is 1. The summed E-state index contributed by atoms with van der Waals surface area (Å²) < 4.78 is 3.69. The van der Waals surface area contributed by atoms with E-state index in [1.54, 1.807) is 10.9 Å². The summed E-state index contributed by atoms with van der Waals surface area (Å²) in [5.41, 5.74) is 1.89. The molecular formula is C8H10N6S. The molecule has 0 atom stereocenters. The molecule has 0 saturated carbocycles. The van der Waals surface area contributed by atoms with Gasteiger partial charge in [-0.25, -0.2) is 0 Å². The molecule has 0 amide bonds. The van der Waals surface area contributed by atoms with Gasteiger partial charge < -0.3 is 0 Å². The van der Waals surface area contributed by atoms with Gasteiger partial charge in [0.25, 0.3) is 0 Å². The Hall–Kier alpha value is -1.76. The summed E-state index contributed by atoms with van der Waals surface area (Å²) in [6, 6.07) is 0. The molecule has 0 radical (unpaired) electrons. The van der Waals surface area contributed by atoms with Gasteiger partial charge in [-0.15, -0.1) is 0 Å². The van der Waals surface area contributed by atoms with Crippen LogP contribution in [0.3, 0.4) is 0 Å². The summed E-state index contributed by atoms with van der Waals surface area (Å²) in [5.74, 6) is 0. The molecule has 2 aromatic rings. The SMILES string of the molecule is Cc1nn(C)cc1/C=N/n1cn[nH]c1=S. The highest BCUT2D eigenvalue weighted by Crippen LogP contribution is 2.01. The average Bonchev–Trinajstić information content (AvgIpc) is 2.70. The lowest BCUT2D eigenvalue weighted by Crippen LogP contribution is -1.89. The molecule has 0 unspecified atom stereocenters. The second kappa shape index (κ2) is 3.77. The summed E-state index contributed by atoms with van der Waals surface area (Å²) in [7, 11) is 1.87. The van der Waals surface area contributed by atoms with Crippen molar-refractivity contribution in [1.29, 1.82) is 0 Å². The van der Waals surface area contributed by atoms with Crippen molar-refractivity contribution in [3.63, 3.8) is 0 Å². The van der Waals surface area contributed by atoms with Gasteiger partial charge in [0.2, 0.25) is 4.77 Å². The Labute approximate surface area is 91.2 Å². The molecule has 0 aliphatic carbocycles. The monoisotopic (exact) mass is 222 g/mol. The van der Waals surface area contributed by atoms with Crippen LogP contribution in [0.5, 0.6) is 0 Å². The highest BCUT2D eigenvalue weighted by atomic mass is 32.1. The van der Waals surface area contributed by atoms with Gasteiger partial charge in [0.1, 0.15) is 6.33 Å². The Morgan fingerprint density at radius 1 is 1.60 bits per heavy atom. The van der Waals surface area contributed by atoms with Gasteiger partial charge in [-0.2, -0.15) is 20.0 Å². The lowest BCUT2D eigenvalue weighted by molar-refractivity contribution is 0.756. The molecule has 2 aromatic heterocycles. The maximum atomic E-state index is 4.95. The minimum Gasteiger partial charge on any atom is -0.275 e. The predicted octanol–water partition coefficient (Wildman–Crippen LogP) is 0.865. The number of rotatable bonds is 2. The Morgan fingerprint density at radius 2 is 2.40 bits per heavy atom. The number of hydrogen-bond donors (Lipinski definition) is 1. The van der Waals surface area contributed by atoms with Gasteiger partial charge in [-0.3, -0.25) is 9.78 Å². The third-order valence-electron chi connectivity index (χ3n) is 1.91. The molecule has 0 spiro atoms. The van der Waals surface area contributed by atoms with E-state index in [0.717, 1.165) is 11.3 Å². The molecule has 7 heteroatoms. The molecule has 0 bridgehead atoms. The fraction of sp³-hybridized carbons (Fsp3) is 0.250. The van der Waals surface area contributed by atoms with Crippen LogP contribution in [0, 0.1) is 11.7 Å². The first-order chi connectivity index (χ1) is 7.16. The van der Waals surface area contributed by atoms with Crippen LogP contribution in [-0.4, -0.2) is 30.9 Å². The smallest absolute Gasteiger partial charge is 0.216 e. The quantitative estimate of drug-likeness (QED) is 0.605. The van der Waals surface area contributed by atoms with Crippen LogP contribution in [-0.2, 0) is 7.05 Å². The normalized spacial score (nSPS) is 11.3. The van der Waals surface area contributed by atoms with E-state index in [2.05, 4.69) is 20.4 Å². The molecule has 0 saturated heterocycles. The predicted molar refractivity (Wildman–Crippen MR) is 58.3 cm³/mol. The number of nitrogens with one attached hydrogen (secondary N) is 1. The molecule has 0 fully saturated rings. The second-order valence-electron chi connectivity index (χ2n) is 3.09. The minimum absolute atomic E-state index is 0.466. The van der Waals surface area contributed by atoms with Crippen molar-refractivity contribution in [3.8, 4) is 0 Å². The van der Waals surface area contributed by atoms with E-state index < -0.39 is 0 Å². The largest absolute Gasteiger partial charge is 0.275 e. The van der Waals surface area contributed by atoms with Crippen molar-refractivity contribution >= 4 is 18.4 Å². The number of H-pyrrole nitrogens is 1. The van der Waals surface area contributed by atoms with Gasteiger partial charge in [0.15, 0.2) is 0 Å². The Morgan fingerprint density at radius 3 is 2.93 bits per heavy atom. The van der Waals surface area contributed by atoms with Crippen molar-refractivity contribution in [2.75, 3.05) is 0 Å². The standard InChI is InChI=1S/C8H10N6S/c1-6-7(4-13(2)12-6)3-10-14-5-9-11-8(14)15/h3-5H,1-2H3,(H,11,15)/b10-3+. The maximum Gasteiger partial charge on any atom is 0.216 e. The van der Waals surface area contributed by atoms with Crippen LogP contribution in [0.4, 0.5) is 0 Å². The van der Waals surface area contributed by atoms with Crippen LogP contribution in [0.25, 0.3) is 0 Å². The number of aromatic nitrogens is 5. The van der Waals surface area contributed by atoms with Gasteiger partial charge in [-0.05, 0) is 19.1 Å². The van der Waals surface area contributed by atoms with Gasteiger partial charge in [0, 0.05) is 18.8 Å². The first-order valence-corrected chi connectivity index (χ1v) is 4.74. The van der Waals surface area contributed by atoms with Crippen molar-refractivity contribution in [2.24, 2.45) is 12.1 Å². The lowest BCUT2D eigenvalue weighted by Gasteiger charge is -1.88. The van der Waals surface area contributed by atoms with Gasteiger partial charge >= 0.3 is 0 Å². The summed E-state index contributed by atoms with van der Waals surface area (Å²) in [6.45, 7) is 1.93. The number of aryl methyl sites for hydroxylation is 2. The molecular weight excluding hydrogens is 212 g/mol. The van der Waals surface area contributed by atoms with Crippen molar-refractivity contribution in [3.05, 3.63) is 28.6 Å². The summed E-state index contributed by atoms with van der Waals surface area (Å²) in [6.07, 6.45) is 5.11. The zero-order valence-electron chi connectivity index (χ0n) is 8.38. The van der Waals surface area contributed by atoms with E-state index in [1.807, 2.05) is 20.2 Å². The molecule has 0 aliphatic heterocycles. The second-order valence-corrected chi connectivity index (χ2v) is 3.48. The first kappa shape index (κ1) is 9.78. The van der Waals surface area contributed by atoms with Crippen molar-refractivity contribution in [2.45, 2.75) is 6.92 Å². The van der Waals surface area contributed by atoms with E-state index in [1.165, 1.54) is 11.0 Å². The Balaban J connectivity index is 2.29. The van der Waals surface area contributed by atoms with Crippen molar-refractivity contribution in [1.82, 2.24) is 24.7 Å². The van der Waals surface area contributed by atoms with Crippen molar-refractivity contribution < 1.29 is 0 Å². The lowest BCUT2D eigenvalue weighted by atomic mass is 10.3. The molecule has 78 valence electrons. The summed E-state index contributed by atoms with van der Waals surface area (Å²) in [4.78, 5) is 0. The van der Waals surface area contributed by atoms with Crippen LogP contribution in [0.2, 0.25) is 0 Å². The van der Waals surface area contributed by atoms with E-state index in [9.17, 15) is 0 Å². The van der Waals surface area contributed by atoms with Gasteiger partial charge in [-0.1, -0.05) is 0 Å². The first-order valence-electron chi connectivity index (χ1n) is 4.33. The van der Waals surface area contributed by atoms with E-state index in [0.29, 0.717) is 4.77 Å².